The number of fused-ring (bicyclic) bond motifs is 1. The molecule has 0 spiro atoms. The van der Waals surface area contributed by atoms with Crippen LogP contribution in [0, 0.1) is 0 Å². The van der Waals surface area contributed by atoms with Crippen molar-refractivity contribution in [3.63, 3.8) is 0 Å². The molecule has 1 aliphatic heterocycles. The van der Waals surface area contributed by atoms with Crippen LogP contribution in [0.3, 0.4) is 0 Å². The molecule has 6 aromatic rings. The average Bonchev–Trinajstić information content (AvgIpc) is 3.71. The Morgan fingerprint density at radius 2 is 1.13 bits per heavy atom. The number of rotatable bonds is 18. The molecule has 2 aromatic heterocycles. The van der Waals surface area contributed by atoms with Crippen molar-refractivity contribution in [2.45, 2.75) is 64.0 Å². The summed E-state index contributed by atoms with van der Waals surface area (Å²) in [7, 11) is 1.61. The fourth-order valence-electron chi connectivity index (χ4n) is 7.08. The number of hydrogen-bond acceptors (Lipinski definition) is 9. The highest BCUT2D eigenvalue weighted by atomic mass is 16.5. The Balaban J connectivity index is 1.21. The van der Waals surface area contributed by atoms with E-state index in [1.165, 1.54) is 6.33 Å². The van der Waals surface area contributed by atoms with Gasteiger partial charge in [0.1, 0.15) is 36.3 Å². The van der Waals surface area contributed by atoms with Crippen LogP contribution in [0.4, 0.5) is 0 Å². The van der Waals surface area contributed by atoms with Crippen molar-refractivity contribution < 1.29 is 28.8 Å². The second-order valence-electron chi connectivity index (χ2n) is 13.2. The Morgan fingerprint density at radius 1 is 0.623 bits per heavy atom. The maximum absolute atomic E-state index is 11.1. The van der Waals surface area contributed by atoms with Crippen LogP contribution in [-0.4, -0.2) is 69.2 Å². The third kappa shape index (κ3) is 9.00. The van der Waals surface area contributed by atoms with Gasteiger partial charge in [-0.1, -0.05) is 121 Å². The van der Waals surface area contributed by atoms with Gasteiger partial charge < -0.3 is 33.4 Å². The molecule has 10 nitrogen and oxygen atoms in total. The Morgan fingerprint density at radius 3 is 1.66 bits per heavy atom. The molecule has 1 saturated heterocycles. The predicted molar refractivity (Wildman–Crippen MR) is 202 cm³/mol. The SMILES string of the molecule is COc1ncnc2c(CN3[C@@H](CO)[C@@H](OCc4ccccc4)[C@H](OCc4ccccc4)[C@@H]3COCc3ccccc3)cn(COCc3ccccc3)c12. The molecule has 7 rings (SSSR count). The zero-order valence-electron chi connectivity index (χ0n) is 29.9. The molecule has 0 unspecified atom stereocenters. The molecular weight excluding hydrogens is 668 g/mol. The quantitative estimate of drug-likeness (QED) is 0.106. The van der Waals surface area contributed by atoms with Gasteiger partial charge in [-0.2, -0.15) is 4.98 Å². The van der Waals surface area contributed by atoms with Gasteiger partial charge in [0.25, 0.3) is 0 Å². The van der Waals surface area contributed by atoms with Crippen molar-refractivity contribution in [1.29, 1.82) is 0 Å². The number of hydrogen-bond donors (Lipinski definition) is 1. The van der Waals surface area contributed by atoms with Crippen LogP contribution >= 0.6 is 0 Å². The molecule has 1 fully saturated rings. The highest BCUT2D eigenvalue weighted by Crippen LogP contribution is 2.36. The first-order valence-corrected chi connectivity index (χ1v) is 18.0. The largest absolute Gasteiger partial charge is 0.479 e. The zero-order chi connectivity index (χ0) is 36.2. The van der Waals surface area contributed by atoms with Gasteiger partial charge >= 0.3 is 0 Å². The van der Waals surface area contributed by atoms with Crippen molar-refractivity contribution in [3.8, 4) is 5.88 Å². The minimum Gasteiger partial charge on any atom is -0.479 e. The lowest BCUT2D eigenvalue weighted by Gasteiger charge is -2.30. The van der Waals surface area contributed by atoms with Gasteiger partial charge in [0.05, 0.1) is 58.8 Å². The van der Waals surface area contributed by atoms with E-state index in [-0.39, 0.29) is 19.4 Å². The first-order chi connectivity index (χ1) is 26.2. The number of aliphatic hydroxyl groups is 1. The van der Waals surface area contributed by atoms with Crippen LogP contribution in [0.25, 0.3) is 11.0 Å². The van der Waals surface area contributed by atoms with E-state index < -0.39 is 18.2 Å². The summed E-state index contributed by atoms with van der Waals surface area (Å²) in [5.41, 5.74) is 6.68. The molecule has 0 aliphatic carbocycles. The molecule has 0 bridgehead atoms. The van der Waals surface area contributed by atoms with Crippen LogP contribution in [0.1, 0.15) is 27.8 Å². The van der Waals surface area contributed by atoms with Gasteiger partial charge in [0, 0.05) is 18.3 Å². The smallest absolute Gasteiger partial charge is 0.241 e. The van der Waals surface area contributed by atoms with Crippen molar-refractivity contribution in [2.24, 2.45) is 0 Å². The molecule has 0 saturated carbocycles. The number of benzene rings is 4. The van der Waals surface area contributed by atoms with Gasteiger partial charge in [-0.3, -0.25) is 4.90 Å². The summed E-state index contributed by atoms with van der Waals surface area (Å²) >= 11 is 0. The normalized spacial score (nSPS) is 18.8. The van der Waals surface area contributed by atoms with E-state index in [2.05, 4.69) is 34.1 Å². The number of aliphatic hydroxyl groups excluding tert-OH is 1. The summed E-state index contributed by atoms with van der Waals surface area (Å²) < 4.78 is 33.9. The second-order valence-corrected chi connectivity index (χ2v) is 13.2. The summed E-state index contributed by atoms with van der Waals surface area (Å²) in [4.78, 5) is 11.4. The van der Waals surface area contributed by atoms with Gasteiger partial charge in [-0.25, -0.2) is 4.98 Å². The summed E-state index contributed by atoms with van der Waals surface area (Å²) in [5.74, 6) is 0.459. The van der Waals surface area contributed by atoms with E-state index >= 15 is 0 Å². The van der Waals surface area contributed by atoms with Crippen LogP contribution in [0.2, 0.25) is 0 Å². The summed E-state index contributed by atoms with van der Waals surface area (Å²) in [5, 5.41) is 11.1. The number of likely N-dealkylation sites (tertiary alicyclic amines) is 1. The lowest BCUT2D eigenvalue weighted by molar-refractivity contribution is -0.0888. The van der Waals surface area contributed by atoms with Crippen LogP contribution in [-0.2, 0) is 58.7 Å². The second kappa shape index (κ2) is 18.2. The standard InChI is InChI=1S/C43H46N4O6/c1-49-43-40-39(44-30-45-43)36(22-46(40)31-51-26-33-16-8-3-9-17-33)23-47-37(24-48)41(52-27-34-18-10-4-11-19-34)42(53-28-35-20-12-5-13-21-35)38(47)29-50-25-32-14-6-2-7-15-32/h2-22,30,37-38,41-42,48H,23-29,31H2,1H3/t37-,38-,41+,42+/m0/s1. The minimum absolute atomic E-state index is 0.142. The Hall–Kier alpha value is -4.94. The highest BCUT2D eigenvalue weighted by molar-refractivity contribution is 5.83. The zero-order valence-corrected chi connectivity index (χ0v) is 29.9. The molecule has 3 heterocycles. The first kappa shape index (κ1) is 36.4. The number of aromatic nitrogens is 3. The summed E-state index contributed by atoms with van der Waals surface area (Å²) in [6.45, 7) is 2.58. The third-order valence-corrected chi connectivity index (χ3v) is 9.67. The molecule has 0 radical (unpaired) electrons. The van der Waals surface area contributed by atoms with E-state index in [0.29, 0.717) is 45.5 Å². The Labute approximate surface area is 310 Å². The number of ether oxygens (including phenoxy) is 5. The van der Waals surface area contributed by atoms with E-state index in [4.69, 9.17) is 28.7 Å². The van der Waals surface area contributed by atoms with E-state index in [9.17, 15) is 5.11 Å². The lowest BCUT2D eigenvalue weighted by atomic mass is 10.1. The molecule has 0 amide bonds. The molecule has 4 atom stereocenters. The van der Waals surface area contributed by atoms with Gasteiger partial charge in [0.15, 0.2) is 0 Å². The van der Waals surface area contributed by atoms with Crippen LogP contribution in [0.5, 0.6) is 5.88 Å². The fourth-order valence-corrected chi connectivity index (χ4v) is 7.08. The van der Waals surface area contributed by atoms with Crippen LogP contribution < -0.4 is 4.74 Å². The van der Waals surface area contributed by atoms with Gasteiger partial charge in [0.2, 0.25) is 5.88 Å². The van der Waals surface area contributed by atoms with Crippen LogP contribution in [0.15, 0.2) is 134 Å². The maximum Gasteiger partial charge on any atom is 0.241 e. The lowest BCUT2D eigenvalue weighted by Crippen LogP contribution is -2.43. The molecule has 10 heteroatoms. The first-order valence-electron chi connectivity index (χ1n) is 18.0. The summed E-state index contributed by atoms with van der Waals surface area (Å²) in [6, 6.07) is 39.7. The van der Waals surface area contributed by atoms with Crippen molar-refractivity contribution in [2.75, 3.05) is 20.3 Å². The number of nitrogens with zero attached hydrogens (tertiary/aromatic N) is 4. The van der Waals surface area contributed by atoms with Crippen molar-refractivity contribution in [1.82, 2.24) is 19.4 Å². The van der Waals surface area contributed by atoms with Crippen molar-refractivity contribution in [3.05, 3.63) is 162 Å². The van der Waals surface area contributed by atoms with Crippen molar-refractivity contribution >= 4 is 11.0 Å². The maximum atomic E-state index is 11.1. The van der Waals surface area contributed by atoms with E-state index in [1.807, 2.05) is 108 Å². The molecule has 4 aromatic carbocycles. The summed E-state index contributed by atoms with van der Waals surface area (Å²) in [6.07, 6.45) is 2.69. The Kier molecular flexibility index (Phi) is 12.5. The molecule has 53 heavy (non-hydrogen) atoms. The molecule has 1 aliphatic rings. The molecular formula is C43H46N4O6. The van der Waals surface area contributed by atoms with Gasteiger partial charge in [-0.15, -0.1) is 0 Å². The fraction of sp³-hybridized carbons (Fsp3) is 0.302. The third-order valence-electron chi connectivity index (χ3n) is 9.67. The van der Waals surface area contributed by atoms with E-state index in [0.717, 1.165) is 38.9 Å². The molecule has 1 N–H and O–H groups in total. The number of methoxy groups -OCH3 is 1. The molecule has 274 valence electrons. The monoisotopic (exact) mass is 714 g/mol. The highest BCUT2D eigenvalue weighted by Gasteiger charge is 2.50. The Bertz CT molecular complexity index is 1980. The van der Waals surface area contributed by atoms with Gasteiger partial charge in [-0.05, 0) is 22.3 Å². The van der Waals surface area contributed by atoms with E-state index in [1.54, 1.807) is 7.11 Å². The minimum atomic E-state index is -0.457. The topological polar surface area (TPSA) is 100 Å². The predicted octanol–water partition coefficient (Wildman–Crippen LogP) is 6.55. The average molecular weight is 715 g/mol.